The zero-order chi connectivity index (χ0) is 13.7. The molecule has 0 saturated heterocycles. The van der Waals surface area contributed by atoms with Crippen LogP contribution in [-0.4, -0.2) is 17.5 Å². The number of hydrogen-bond acceptors (Lipinski definition) is 3. The second kappa shape index (κ2) is 6.05. The van der Waals surface area contributed by atoms with Gasteiger partial charge in [-0.15, -0.1) is 0 Å². The minimum Gasteiger partial charge on any atom is -0.507 e. The Bertz CT molecular complexity index is 561. The van der Waals surface area contributed by atoms with Crippen molar-refractivity contribution >= 4 is 5.78 Å². The smallest absolute Gasteiger partial charge is 0.171 e. The lowest BCUT2D eigenvalue weighted by molar-refractivity contribution is 0.0990. The quantitative estimate of drug-likeness (QED) is 0.835. The van der Waals surface area contributed by atoms with Crippen molar-refractivity contribution in [2.75, 3.05) is 6.61 Å². The van der Waals surface area contributed by atoms with Crippen molar-refractivity contribution in [3.05, 3.63) is 59.7 Å². The van der Waals surface area contributed by atoms with Crippen LogP contribution in [0, 0.1) is 0 Å². The zero-order valence-electron chi connectivity index (χ0n) is 10.8. The van der Waals surface area contributed by atoms with Crippen LogP contribution in [0.4, 0.5) is 0 Å². The van der Waals surface area contributed by atoms with Gasteiger partial charge in [-0.2, -0.15) is 0 Å². The summed E-state index contributed by atoms with van der Waals surface area (Å²) >= 11 is 0. The Kier molecular flexibility index (Phi) is 4.18. The summed E-state index contributed by atoms with van der Waals surface area (Å²) in [7, 11) is 0. The maximum Gasteiger partial charge on any atom is 0.171 e. The summed E-state index contributed by atoms with van der Waals surface area (Å²) in [6.07, 6.45) is 0.268. The van der Waals surface area contributed by atoms with Crippen molar-refractivity contribution in [2.45, 2.75) is 13.3 Å². The molecule has 0 amide bonds. The van der Waals surface area contributed by atoms with E-state index in [1.807, 2.05) is 37.3 Å². The van der Waals surface area contributed by atoms with Crippen LogP contribution < -0.4 is 4.74 Å². The molecule has 0 spiro atoms. The van der Waals surface area contributed by atoms with Crippen LogP contribution in [-0.2, 0) is 6.42 Å². The molecule has 19 heavy (non-hydrogen) atoms. The second-order valence-electron chi connectivity index (χ2n) is 4.20. The van der Waals surface area contributed by atoms with E-state index >= 15 is 0 Å². The van der Waals surface area contributed by atoms with E-state index in [4.69, 9.17) is 4.74 Å². The first kappa shape index (κ1) is 13.1. The van der Waals surface area contributed by atoms with Gasteiger partial charge in [-0.05, 0) is 30.7 Å². The van der Waals surface area contributed by atoms with Crippen LogP contribution in [0.2, 0.25) is 0 Å². The molecule has 2 rings (SSSR count). The maximum atomic E-state index is 12.2. The van der Waals surface area contributed by atoms with Gasteiger partial charge in [0.1, 0.15) is 11.5 Å². The number of carbonyl (C=O) groups is 1. The molecule has 0 aromatic heterocycles. The number of rotatable bonds is 5. The fourth-order valence-electron chi connectivity index (χ4n) is 1.87. The Balaban J connectivity index is 2.21. The maximum absolute atomic E-state index is 12.2. The van der Waals surface area contributed by atoms with E-state index in [1.54, 1.807) is 12.1 Å². The highest BCUT2D eigenvalue weighted by Gasteiger charge is 2.13. The van der Waals surface area contributed by atoms with Gasteiger partial charge in [0.25, 0.3) is 0 Å². The summed E-state index contributed by atoms with van der Waals surface area (Å²) in [6.45, 7) is 2.40. The highest BCUT2D eigenvalue weighted by molar-refractivity contribution is 6.00. The molecule has 0 atom stereocenters. The van der Waals surface area contributed by atoms with Gasteiger partial charge in [-0.25, -0.2) is 0 Å². The lowest BCUT2D eigenvalue weighted by atomic mass is 10.0. The highest BCUT2D eigenvalue weighted by Crippen LogP contribution is 2.24. The fraction of sp³-hybridized carbons (Fsp3) is 0.188. The van der Waals surface area contributed by atoms with Crippen LogP contribution >= 0.6 is 0 Å². The number of phenols is 1. The van der Waals surface area contributed by atoms with Crippen LogP contribution in [0.5, 0.6) is 11.5 Å². The Morgan fingerprint density at radius 2 is 1.89 bits per heavy atom. The van der Waals surface area contributed by atoms with Gasteiger partial charge in [0.2, 0.25) is 0 Å². The average molecular weight is 256 g/mol. The molecule has 1 N–H and O–H groups in total. The monoisotopic (exact) mass is 256 g/mol. The van der Waals surface area contributed by atoms with Gasteiger partial charge in [-0.3, -0.25) is 4.79 Å². The Hall–Kier alpha value is -2.29. The molecule has 0 radical (unpaired) electrons. The largest absolute Gasteiger partial charge is 0.507 e. The topological polar surface area (TPSA) is 46.5 Å². The molecule has 0 unspecified atom stereocenters. The molecule has 0 aliphatic rings. The van der Waals surface area contributed by atoms with Crippen molar-refractivity contribution in [1.29, 1.82) is 0 Å². The fourth-order valence-corrected chi connectivity index (χ4v) is 1.87. The van der Waals surface area contributed by atoms with E-state index in [1.165, 1.54) is 6.07 Å². The summed E-state index contributed by atoms with van der Waals surface area (Å²) in [4.78, 5) is 12.2. The first-order valence-electron chi connectivity index (χ1n) is 6.23. The third-order valence-corrected chi connectivity index (χ3v) is 2.79. The van der Waals surface area contributed by atoms with Gasteiger partial charge in [-0.1, -0.05) is 30.3 Å². The normalized spacial score (nSPS) is 10.2. The number of ketones is 1. The van der Waals surface area contributed by atoms with Crippen molar-refractivity contribution in [3.8, 4) is 11.5 Å². The molecule has 0 saturated carbocycles. The van der Waals surface area contributed by atoms with Crippen LogP contribution in [0.25, 0.3) is 0 Å². The summed E-state index contributed by atoms with van der Waals surface area (Å²) in [5.74, 6) is 0.464. The van der Waals surface area contributed by atoms with Crippen molar-refractivity contribution < 1.29 is 14.6 Å². The predicted molar refractivity (Wildman–Crippen MR) is 73.8 cm³/mol. The molecule has 0 aliphatic carbocycles. The number of aromatic hydroxyl groups is 1. The van der Waals surface area contributed by atoms with Gasteiger partial charge >= 0.3 is 0 Å². The van der Waals surface area contributed by atoms with Gasteiger partial charge in [0, 0.05) is 6.42 Å². The van der Waals surface area contributed by atoms with Crippen LogP contribution in [0.1, 0.15) is 22.8 Å². The van der Waals surface area contributed by atoms with E-state index in [-0.39, 0.29) is 18.0 Å². The number of Topliss-reactive ketones (excluding diaryl/α,β-unsaturated/α-hetero) is 1. The first-order chi connectivity index (χ1) is 9.20. The molecule has 98 valence electrons. The molecular formula is C16H16O3. The average Bonchev–Trinajstić information content (AvgIpc) is 2.42. The van der Waals surface area contributed by atoms with E-state index in [9.17, 15) is 9.90 Å². The SMILES string of the molecule is CCOc1ccc(O)c(C(=O)Cc2ccccc2)c1. The number of carbonyl (C=O) groups excluding carboxylic acids is 1. The van der Waals surface area contributed by atoms with Gasteiger partial charge in [0.05, 0.1) is 12.2 Å². The molecule has 3 heteroatoms. The molecule has 0 heterocycles. The molecule has 3 nitrogen and oxygen atoms in total. The standard InChI is InChI=1S/C16H16O3/c1-2-19-13-8-9-15(17)14(11-13)16(18)10-12-6-4-3-5-7-12/h3-9,11,17H,2,10H2,1H3. The van der Waals surface area contributed by atoms with Crippen molar-refractivity contribution in [1.82, 2.24) is 0 Å². The number of benzene rings is 2. The lowest BCUT2D eigenvalue weighted by Gasteiger charge is -2.08. The summed E-state index contributed by atoms with van der Waals surface area (Å²) in [6, 6.07) is 14.2. The first-order valence-corrected chi connectivity index (χ1v) is 6.23. The molecule has 2 aromatic rings. The number of ether oxygens (including phenoxy) is 1. The van der Waals surface area contributed by atoms with Crippen molar-refractivity contribution in [2.24, 2.45) is 0 Å². The van der Waals surface area contributed by atoms with E-state index in [0.29, 0.717) is 17.9 Å². The minimum absolute atomic E-state index is 0.00983. The van der Waals surface area contributed by atoms with Gasteiger partial charge in [0.15, 0.2) is 5.78 Å². The summed E-state index contributed by atoms with van der Waals surface area (Å²) in [5.41, 5.74) is 1.23. The Morgan fingerprint density at radius 1 is 1.16 bits per heavy atom. The predicted octanol–water partition coefficient (Wildman–Crippen LogP) is 3.22. The summed E-state index contributed by atoms with van der Waals surface area (Å²) < 4.78 is 5.34. The molecule has 0 bridgehead atoms. The minimum atomic E-state index is -0.120. The van der Waals surface area contributed by atoms with Gasteiger partial charge < -0.3 is 9.84 Å². The highest BCUT2D eigenvalue weighted by atomic mass is 16.5. The zero-order valence-corrected chi connectivity index (χ0v) is 10.8. The third-order valence-electron chi connectivity index (χ3n) is 2.79. The number of hydrogen-bond donors (Lipinski definition) is 1. The van der Waals surface area contributed by atoms with E-state index in [0.717, 1.165) is 5.56 Å². The summed E-state index contributed by atoms with van der Waals surface area (Å²) in [5, 5.41) is 9.78. The van der Waals surface area contributed by atoms with Crippen LogP contribution in [0.15, 0.2) is 48.5 Å². The molecule has 0 fully saturated rings. The lowest BCUT2D eigenvalue weighted by Crippen LogP contribution is -2.04. The van der Waals surface area contributed by atoms with Crippen molar-refractivity contribution in [3.63, 3.8) is 0 Å². The molecule has 0 aliphatic heterocycles. The van der Waals surface area contributed by atoms with Crippen LogP contribution in [0.3, 0.4) is 0 Å². The number of phenolic OH excluding ortho intramolecular Hbond substituents is 1. The molecule has 2 aromatic carbocycles. The third kappa shape index (κ3) is 3.35. The van der Waals surface area contributed by atoms with E-state index in [2.05, 4.69) is 0 Å². The Labute approximate surface area is 112 Å². The second-order valence-corrected chi connectivity index (χ2v) is 4.20. The Morgan fingerprint density at radius 3 is 2.58 bits per heavy atom. The van der Waals surface area contributed by atoms with E-state index < -0.39 is 0 Å². The molecular weight excluding hydrogens is 240 g/mol.